The predicted octanol–water partition coefficient (Wildman–Crippen LogP) is 4.39. The Balaban J connectivity index is 1.44. The van der Waals surface area contributed by atoms with Gasteiger partial charge in [-0.1, -0.05) is 12.2 Å². The molecule has 180 valence electrons. The van der Waals surface area contributed by atoms with E-state index in [0.717, 1.165) is 17.0 Å². The lowest BCUT2D eigenvalue weighted by Gasteiger charge is -2.29. The molecular formula is C25H18F4N2O4. The van der Waals surface area contributed by atoms with Crippen molar-refractivity contribution in [1.82, 2.24) is 0 Å². The van der Waals surface area contributed by atoms with Gasteiger partial charge in [0.25, 0.3) is 0 Å². The maximum atomic E-state index is 13.5. The maximum absolute atomic E-state index is 13.5. The van der Waals surface area contributed by atoms with E-state index in [2.05, 4.69) is 0 Å². The molecule has 3 aliphatic rings. The average Bonchev–Trinajstić information content (AvgIpc) is 3.38. The van der Waals surface area contributed by atoms with Gasteiger partial charge < -0.3 is 9.47 Å². The number of benzene rings is 2. The van der Waals surface area contributed by atoms with Gasteiger partial charge in [-0.15, -0.1) is 0 Å². The largest absolute Gasteiger partial charge is 0.493 e. The monoisotopic (exact) mass is 486 g/mol. The zero-order valence-electron chi connectivity index (χ0n) is 18.3. The molecule has 6 nitrogen and oxygen atoms in total. The van der Waals surface area contributed by atoms with Gasteiger partial charge in [0, 0.05) is 6.42 Å². The standard InChI is InChI=1S/C25H18F4N2O4/c1-23-8-9-24(35-23,10-11-34-17-6-3-15(26)4-7-17)20-19(23)21(32)31(22(20)33)16-5-2-14(13-30)18(12-16)25(27,28)29/h2-9,12,19-20H,10-11H2,1H3/t19-,20+,23?,24?/m1/s1. The molecule has 0 aromatic heterocycles. The molecular weight excluding hydrogens is 468 g/mol. The van der Waals surface area contributed by atoms with Crippen molar-refractivity contribution < 1.29 is 36.6 Å². The molecule has 3 heterocycles. The van der Waals surface area contributed by atoms with E-state index in [9.17, 15) is 27.2 Å². The summed E-state index contributed by atoms with van der Waals surface area (Å²) in [6, 6.07) is 9.64. The molecule has 2 amide bonds. The van der Waals surface area contributed by atoms with Crippen LogP contribution in [-0.2, 0) is 20.5 Å². The van der Waals surface area contributed by atoms with Crippen molar-refractivity contribution in [2.24, 2.45) is 11.8 Å². The minimum absolute atomic E-state index is 0.0891. The lowest BCUT2D eigenvalue weighted by atomic mass is 9.71. The van der Waals surface area contributed by atoms with E-state index in [1.54, 1.807) is 19.1 Å². The number of hydrogen-bond acceptors (Lipinski definition) is 5. The van der Waals surface area contributed by atoms with Gasteiger partial charge in [-0.05, 0) is 49.4 Å². The van der Waals surface area contributed by atoms with Crippen molar-refractivity contribution in [2.75, 3.05) is 11.5 Å². The molecule has 5 rings (SSSR count). The van der Waals surface area contributed by atoms with Crippen molar-refractivity contribution in [2.45, 2.75) is 30.7 Å². The number of nitrogens with zero attached hydrogens (tertiary/aromatic N) is 2. The van der Waals surface area contributed by atoms with E-state index in [0.29, 0.717) is 11.8 Å². The van der Waals surface area contributed by atoms with Crippen LogP contribution < -0.4 is 9.64 Å². The molecule has 2 fully saturated rings. The van der Waals surface area contributed by atoms with Crippen molar-refractivity contribution in [3.63, 3.8) is 0 Å². The Kier molecular flexibility index (Phi) is 5.04. The molecule has 2 bridgehead atoms. The van der Waals surface area contributed by atoms with Crippen LogP contribution in [0.3, 0.4) is 0 Å². The number of imide groups is 1. The van der Waals surface area contributed by atoms with E-state index in [-0.39, 0.29) is 18.7 Å². The first kappa shape index (κ1) is 23.1. The fourth-order valence-corrected chi connectivity index (χ4v) is 5.26. The number of nitriles is 1. The molecule has 0 saturated carbocycles. The van der Waals surface area contributed by atoms with Crippen molar-refractivity contribution in [3.8, 4) is 11.8 Å². The number of carbonyl (C=O) groups is 2. The topological polar surface area (TPSA) is 79.6 Å². The Hall–Kier alpha value is -3.71. The van der Waals surface area contributed by atoms with Gasteiger partial charge in [0.1, 0.15) is 17.2 Å². The molecule has 0 spiro atoms. The molecule has 2 saturated heterocycles. The SMILES string of the molecule is CC12C=CC(CCOc3ccc(F)cc3)(O1)[C@@H]1C(=O)N(c3ccc(C#N)c(C(F)(F)F)c3)C(=O)[C@@H]12. The van der Waals surface area contributed by atoms with Gasteiger partial charge in [0.2, 0.25) is 11.8 Å². The number of hydrogen-bond donors (Lipinski definition) is 0. The van der Waals surface area contributed by atoms with Crippen LogP contribution in [0.1, 0.15) is 24.5 Å². The fourth-order valence-electron chi connectivity index (χ4n) is 5.26. The molecule has 0 N–H and O–H groups in total. The second kappa shape index (κ2) is 7.65. The third-order valence-electron chi connectivity index (χ3n) is 6.82. The van der Waals surface area contributed by atoms with Crippen molar-refractivity contribution in [3.05, 3.63) is 71.6 Å². The molecule has 2 aromatic rings. The van der Waals surface area contributed by atoms with Crippen LogP contribution in [0.5, 0.6) is 5.75 Å². The number of anilines is 1. The Morgan fingerprint density at radius 3 is 2.43 bits per heavy atom. The van der Waals surface area contributed by atoms with Gasteiger partial charge >= 0.3 is 6.18 Å². The summed E-state index contributed by atoms with van der Waals surface area (Å²) < 4.78 is 65.4. The van der Waals surface area contributed by atoms with Gasteiger partial charge in [0.15, 0.2) is 0 Å². The van der Waals surface area contributed by atoms with E-state index in [1.165, 1.54) is 30.3 Å². The number of amides is 2. The lowest BCUT2D eigenvalue weighted by molar-refractivity contribution is -0.138. The number of fused-ring (bicyclic) bond motifs is 5. The second-order valence-electron chi connectivity index (χ2n) is 8.93. The molecule has 0 radical (unpaired) electrons. The van der Waals surface area contributed by atoms with Crippen LogP contribution in [0.4, 0.5) is 23.2 Å². The zero-order valence-corrected chi connectivity index (χ0v) is 18.3. The first-order valence-corrected chi connectivity index (χ1v) is 10.8. The van der Waals surface area contributed by atoms with Crippen LogP contribution in [0.25, 0.3) is 0 Å². The smallest absolute Gasteiger partial charge is 0.417 e. The number of carbonyl (C=O) groups excluding carboxylic acids is 2. The van der Waals surface area contributed by atoms with E-state index >= 15 is 0 Å². The van der Waals surface area contributed by atoms with E-state index in [1.807, 2.05) is 0 Å². The molecule has 2 unspecified atom stereocenters. The predicted molar refractivity (Wildman–Crippen MR) is 114 cm³/mol. The van der Waals surface area contributed by atoms with Gasteiger partial charge in [0.05, 0.1) is 46.9 Å². The van der Waals surface area contributed by atoms with Crippen molar-refractivity contribution in [1.29, 1.82) is 5.26 Å². The third kappa shape index (κ3) is 3.49. The molecule has 35 heavy (non-hydrogen) atoms. The summed E-state index contributed by atoms with van der Waals surface area (Å²) in [5, 5.41) is 9.04. The van der Waals surface area contributed by atoms with Crippen LogP contribution in [-0.4, -0.2) is 29.6 Å². The Morgan fingerprint density at radius 1 is 1.09 bits per heavy atom. The molecule has 3 aliphatic heterocycles. The number of ether oxygens (including phenoxy) is 2. The quantitative estimate of drug-likeness (QED) is 0.356. The summed E-state index contributed by atoms with van der Waals surface area (Å²) in [4.78, 5) is 27.6. The van der Waals surface area contributed by atoms with Crippen LogP contribution in [0, 0.1) is 29.0 Å². The average molecular weight is 486 g/mol. The van der Waals surface area contributed by atoms with E-state index in [4.69, 9.17) is 14.7 Å². The lowest BCUT2D eigenvalue weighted by Crippen LogP contribution is -2.42. The maximum Gasteiger partial charge on any atom is 0.417 e. The summed E-state index contributed by atoms with van der Waals surface area (Å²) in [6.07, 6.45) is -1.25. The number of rotatable bonds is 5. The zero-order chi connectivity index (χ0) is 25.2. The molecule has 0 aliphatic carbocycles. The van der Waals surface area contributed by atoms with Crippen molar-refractivity contribution >= 4 is 17.5 Å². The van der Waals surface area contributed by atoms with Gasteiger partial charge in [-0.25, -0.2) is 9.29 Å². The summed E-state index contributed by atoms with van der Waals surface area (Å²) in [6.45, 7) is 1.75. The highest BCUT2D eigenvalue weighted by molar-refractivity contribution is 6.23. The van der Waals surface area contributed by atoms with Crippen LogP contribution in [0.15, 0.2) is 54.6 Å². The van der Waals surface area contributed by atoms with E-state index < -0.39 is 58.0 Å². The molecule has 2 aromatic carbocycles. The van der Waals surface area contributed by atoms with Gasteiger partial charge in [-0.2, -0.15) is 18.4 Å². The molecule has 4 atom stereocenters. The number of halogens is 4. The van der Waals surface area contributed by atoms with Crippen LogP contribution >= 0.6 is 0 Å². The first-order valence-electron chi connectivity index (χ1n) is 10.8. The highest BCUT2D eigenvalue weighted by atomic mass is 19.4. The highest BCUT2D eigenvalue weighted by Gasteiger charge is 2.72. The normalized spacial score (nSPS) is 29.0. The summed E-state index contributed by atoms with van der Waals surface area (Å²) >= 11 is 0. The fraction of sp³-hybridized carbons (Fsp3) is 0.320. The summed E-state index contributed by atoms with van der Waals surface area (Å²) in [7, 11) is 0. The molecule has 10 heteroatoms. The van der Waals surface area contributed by atoms with Crippen LogP contribution in [0.2, 0.25) is 0 Å². The summed E-state index contributed by atoms with van der Waals surface area (Å²) in [5.41, 5.74) is -4.36. The second-order valence-corrected chi connectivity index (χ2v) is 8.93. The first-order chi connectivity index (χ1) is 16.5. The Labute approximate surface area is 197 Å². The number of alkyl halides is 3. The highest BCUT2D eigenvalue weighted by Crippen LogP contribution is 2.59. The van der Waals surface area contributed by atoms with Gasteiger partial charge in [-0.3, -0.25) is 9.59 Å². The Bertz CT molecular complexity index is 1300. The minimum Gasteiger partial charge on any atom is -0.493 e. The minimum atomic E-state index is -4.84. The summed E-state index contributed by atoms with van der Waals surface area (Å²) in [5.74, 6) is -3.21. The third-order valence-corrected chi connectivity index (χ3v) is 6.82. The Morgan fingerprint density at radius 2 is 1.77 bits per heavy atom.